The second-order valence-electron chi connectivity index (χ2n) is 6.43. The van der Waals surface area contributed by atoms with Crippen molar-refractivity contribution in [3.05, 3.63) is 60.2 Å². The van der Waals surface area contributed by atoms with E-state index in [1.54, 1.807) is 24.1 Å². The Bertz CT molecular complexity index is 754. The zero-order chi connectivity index (χ0) is 18.5. The van der Waals surface area contributed by atoms with E-state index in [0.717, 1.165) is 19.6 Å². The van der Waals surface area contributed by atoms with E-state index in [2.05, 4.69) is 17.0 Å². The molecule has 0 saturated carbocycles. The summed E-state index contributed by atoms with van der Waals surface area (Å²) in [6, 6.07) is 16.4. The molecule has 2 aromatic rings. The lowest BCUT2D eigenvalue weighted by molar-refractivity contribution is -0.145. The monoisotopic (exact) mass is 353 g/mol. The fraction of sp³-hybridized carbons (Fsp3) is 0.300. The highest BCUT2D eigenvalue weighted by Crippen LogP contribution is 2.18. The van der Waals surface area contributed by atoms with Crippen molar-refractivity contribution in [1.29, 1.82) is 0 Å². The number of nitrogens with zero attached hydrogens (tertiary/aromatic N) is 3. The van der Waals surface area contributed by atoms with Crippen molar-refractivity contribution in [2.24, 2.45) is 0 Å². The molecule has 136 valence electrons. The molecule has 1 aliphatic heterocycles. The normalized spacial score (nSPS) is 14.9. The molecule has 1 fully saturated rings. The van der Waals surface area contributed by atoms with Gasteiger partial charge in [-0.1, -0.05) is 30.3 Å². The van der Waals surface area contributed by atoms with Crippen LogP contribution in [-0.2, 0) is 16.1 Å². The van der Waals surface area contributed by atoms with Crippen LogP contribution in [0, 0.1) is 0 Å². The molecule has 2 aromatic carbocycles. The van der Waals surface area contributed by atoms with Gasteiger partial charge in [-0.05, 0) is 29.8 Å². The Kier molecular flexibility index (Phi) is 5.53. The van der Waals surface area contributed by atoms with Gasteiger partial charge in [0.05, 0.1) is 0 Å². The van der Waals surface area contributed by atoms with Crippen molar-refractivity contribution in [2.75, 3.05) is 38.1 Å². The number of carbonyl (C=O) groups excluding carboxylic acids is 2. The zero-order valence-electron chi connectivity index (χ0n) is 14.8. The van der Waals surface area contributed by atoms with Gasteiger partial charge in [-0.2, -0.15) is 0 Å². The third-order valence-electron chi connectivity index (χ3n) is 4.63. The van der Waals surface area contributed by atoms with Crippen LogP contribution in [0.1, 0.15) is 5.56 Å². The number of piperazine rings is 1. The van der Waals surface area contributed by atoms with Gasteiger partial charge in [0.15, 0.2) is 0 Å². The first-order valence-electron chi connectivity index (χ1n) is 8.67. The van der Waals surface area contributed by atoms with Crippen molar-refractivity contribution in [2.45, 2.75) is 6.54 Å². The SMILES string of the molecule is CN(C(=O)C(=O)N1CCN(Cc2ccccc2)CC1)c1ccc(O)cc1. The summed E-state index contributed by atoms with van der Waals surface area (Å²) in [5, 5.41) is 9.34. The molecular weight excluding hydrogens is 330 g/mol. The number of anilines is 1. The topological polar surface area (TPSA) is 64.1 Å². The predicted octanol–water partition coefficient (Wildman–Crippen LogP) is 1.70. The van der Waals surface area contributed by atoms with Crippen LogP contribution in [0.25, 0.3) is 0 Å². The van der Waals surface area contributed by atoms with Gasteiger partial charge in [0.25, 0.3) is 0 Å². The highest BCUT2D eigenvalue weighted by Gasteiger charge is 2.28. The van der Waals surface area contributed by atoms with Crippen LogP contribution in [0.4, 0.5) is 5.69 Å². The molecular formula is C20H23N3O3. The van der Waals surface area contributed by atoms with E-state index in [9.17, 15) is 14.7 Å². The summed E-state index contributed by atoms with van der Waals surface area (Å²) in [5.41, 5.74) is 1.82. The maximum Gasteiger partial charge on any atom is 0.316 e. The van der Waals surface area contributed by atoms with Gasteiger partial charge < -0.3 is 14.9 Å². The summed E-state index contributed by atoms with van der Waals surface area (Å²) >= 11 is 0. The molecule has 0 unspecified atom stereocenters. The standard InChI is InChI=1S/C20H23N3O3/c1-21(17-7-9-18(24)10-8-17)19(25)20(26)23-13-11-22(12-14-23)15-16-5-3-2-4-6-16/h2-10,24H,11-15H2,1H3. The molecule has 0 aliphatic carbocycles. The second kappa shape index (κ2) is 8.01. The van der Waals surface area contributed by atoms with E-state index >= 15 is 0 Å². The van der Waals surface area contributed by atoms with Crippen LogP contribution >= 0.6 is 0 Å². The Morgan fingerprint density at radius 3 is 2.19 bits per heavy atom. The third-order valence-corrected chi connectivity index (χ3v) is 4.63. The molecule has 0 atom stereocenters. The van der Waals surface area contributed by atoms with Crippen LogP contribution in [0.5, 0.6) is 5.75 Å². The molecule has 0 spiro atoms. The van der Waals surface area contributed by atoms with Gasteiger partial charge in [-0.15, -0.1) is 0 Å². The molecule has 0 aromatic heterocycles. The quantitative estimate of drug-likeness (QED) is 0.853. The Balaban J connectivity index is 1.54. The van der Waals surface area contributed by atoms with Crippen LogP contribution in [0.15, 0.2) is 54.6 Å². The van der Waals surface area contributed by atoms with Crippen LogP contribution < -0.4 is 4.90 Å². The highest BCUT2D eigenvalue weighted by molar-refractivity contribution is 6.40. The van der Waals surface area contributed by atoms with Gasteiger partial charge in [0, 0.05) is 45.5 Å². The lowest BCUT2D eigenvalue weighted by atomic mass is 10.2. The maximum absolute atomic E-state index is 12.5. The zero-order valence-corrected chi connectivity index (χ0v) is 14.8. The number of amides is 2. The lowest BCUT2D eigenvalue weighted by Crippen LogP contribution is -2.52. The molecule has 2 amide bonds. The van der Waals surface area contributed by atoms with Crippen LogP contribution in [0.2, 0.25) is 0 Å². The summed E-state index contributed by atoms with van der Waals surface area (Å²) in [7, 11) is 1.57. The molecule has 6 heteroatoms. The Hall–Kier alpha value is -2.86. The van der Waals surface area contributed by atoms with Crippen LogP contribution in [-0.4, -0.2) is 59.9 Å². The van der Waals surface area contributed by atoms with Crippen molar-refractivity contribution in [3.63, 3.8) is 0 Å². The summed E-state index contributed by atoms with van der Waals surface area (Å²) in [6.45, 7) is 3.43. The largest absolute Gasteiger partial charge is 0.508 e. The van der Waals surface area contributed by atoms with Crippen molar-refractivity contribution >= 4 is 17.5 Å². The minimum absolute atomic E-state index is 0.121. The summed E-state index contributed by atoms with van der Waals surface area (Å²) in [4.78, 5) is 30.2. The van der Waals surface area contributed by atoms with E-state index in [-0.39, 0.29) is 5.75 Å². The first-order chi connectivity index (χ1) is 12.5. The average Bonchev–Trinajstić information content (AvgIpc) is 2.68. The van der Waals surface area contributed by atoms with Crippen molar-refractivity contribution in [1.82, 2.24) is 9.80 Å². The number of aromatic hydroxyl groups is 1. The number of hydrogen-bond donors (Lipinski definition) is 1. The van der Waals surface area contributed by atoms with Crippen molar-refractivity contribution in [3.8, 4) is 5.75 Å². The Labute approximate surface area is 153 Å². The predicted molar refractivity (Wildman–Crippen MR) is 99.8 cm³/mol. The van der Waals surface area contributed by atoms with Crippen molar-refractivity contribution < 1.29 is 14.7 Å². The molecule has 1 N–H and O–H groups in total. The molecule has 26 heavy (non-hydrogen) atoms. The molecule has 1 saturated heterocycles. The van der Waals surface area contributed by atoms with Crippen LogP contribution in [0.3, 0.4) is 0 Å². The number of phenols is 1. The summed E-state index contributed by atoms with van der Waals surface area (Å²) in [5.74, 6) is -0.928. The molecule has 1 heterocycles. The van der Waals surface area contributed by atoms with Gasteiger partial charge >= 0.3 is 11.8 Å². The van der Waals surface area contributed by atoms with E-state index in [0.29, 0.717) is 18.8 Å². The number of likely N-dealkylation sites (N-methyl/N-ethyl adjacent to an activating group) is 1. The fourth-order valence-corrected chi connectivity index (χ4v) is 3.02. The summed E-state index contributed by atoms with van der Waals surface area (Å²) < 4.78 is 0. The van der Waals surface area contributed by atoms with E-state index < -0.39 is 11.8 Å². The molecule has 0 radical (unpaired) electrons. The number of hydrogen-bond acceptors (Lipinski definition) is 4. The molecule has 6 nitrogen and oxygen atoms in total. The van der Waals surface area contributed by atoms with E-state index in [4.69, 9.17) is 0 Å². The molecule has 1 aliphatic rings. The van der Waals surface area contributed by atoms with Gasteiger partial charge in [-0.3, -0.25) is 14.5 Å². The average molecular weight is 353 g/mol. The Morgan fingerprint density at radius 2 is 1.58 bits per heavy atom. The first kappa shape index (κ1) is 17.9. The van der Waals surface area contributed by atoms with E-state index in [1.807, 2.05) is 18.2 Å². The molecule has 0 bridgehead atoms. The minimum Gasteiger partial charge on any atom is -0.508 e. The number of benzene rings is 2. The van der Waals surface area contributed by atoms with Gasteiger partial charge in [-0.25, -0.2) is 0 Å². The van der Waals surface area contributed by atoms with E-state index in [1.165, 1.54) is 22.6 Å². The van der Waals surface area contributed by atoms with Gasteiger partial charge in [0.1, 0.15) is 5.75 Å². The number of carbonyl (C=O) groups is 2. The molecule has 3 rings (SSSR count). The minimum atomic E-state index is -0.563. The first-order valence-corrected chi connectivity index (χ1v) is 8.67. The summed E-state index contributed by atoms with van der Waals surface area (Å²) in [6.07, 6.45) is 0. The fourth-order valence-electron chi connectivity index (χ4n) is 3.02. The smallest absolute Gasteiger partial charge is 0.316 e. The van der Waals surface area contributed by atoms with Gasteiger partial charge in [0.2, 0.25) is 0 Å². The third kappa shape index (κ3) is 4.21. The maximum atomic E-state index is 12.5. The lowest BCUT2D eigenvalue weighted by Gasteiger charge is -2.35. The highest BCUT2D eigenvalue weighted by atomic mass is 16.3. The Morgan fingerprint density at radius 1 is 0.962 bits per heavy atom. The number of rotatable bonds is 3. The second-order valence-corrected chi connectivity index (χ2v) is 6.43. The number of phenolic OH excluding ortho intramolecular Hbond substituents is 1.